The van der Waals surface area contributed by atoms with E-state index in [0.29, 0.717) is 0 Å². The normalized spacial score (nSPS) is 11.8. The smallest absolute Gasteiger partial charge is 0.123 e. The fourth-order valence-electron chi connectivity index (χ4n) is 4.02. The second kappa shape index (κ2) is 8.46. The Hall–Kier alpha value is -3.27. The molecule has 2 nitrogen and oxygen atoms in total. The van der Waals surface area contributed by atoms with E-state index in [1.54, 1.807) is 24.3 Å². The highest BCUT2D eigenvalue weighted by atomic mass is 19.1. The number of nitrogens with zero attached hydrogens (tertiary/aromatic N) is 1. The van der Waals surface area contributed by atoms with E-state index in [2.05, 4.69) is 25.9 Å². The molecule has 0 amide bonds. The topological polar surface area (TPSA) is 28.7 Å². The van der Waals surface area contributed by atoms with Gasteiger partial charge < -0.3 is 0 Å². The van der Waals surface area contributed by atoms with Crippen molar-refractivity contribution in [1.82, 2.24) is 10.2 Å². The van der Waals surface area contributed by atoms with E-state index in [0.717, 1.165) is 40.1 Å². The van der Waals surface area contributed by atoms with Crippen molar-refractivity contribution in [1.29, 1.82) is 0 Å². The summed E-state index contributed by atoms with van der Waals surface area (Å²) in [5.74, 6) is -0.786. The third-order valence-electron chi connectivity index (χ3n) is 5.33. The molecule has 1 aromatic heterocycles. The van der Waals surface area contributed by atoms with Gasteiger partial charge in [-0.25, -0.2) is 8.78 Å². The van der Waals surface area contributed by atoms with Gasteiger partial charge in [-0.2, -0.15) is 5.10 Å². The number of rotatable bonds is 5. The van der Waals surface area contributed by atoms with Gasteiger partial charge in [0.1, 0.15) is 11.6 Å². The molecule has 0 aliphatic heterocycles. The number of hydrogen-bond donors (Lipinski definition) is 1. The molecule has 0 saturated carbocycles. The van der Waals surface area contributed by atoms with Crippen molar-refractivity contribution < 1.29 is 8.78 Å². The summed E-state index contributed by atoms with van der Waals surface area (Å²) in [4.78, 5) is 0. The van der Waals surface area contributed by atoms with E-state index in [-0.39, 0.29) is 23.0 Å². The number of hydrogen-bond acceptors (Lipinski definition) is 1. The van der Waals surface area contributed by atoms with Crippen LogP contribution in [0.2, 0.25) is 0 Å². The first kappa shape index (κ1) is 21.0. The first-order valence-corrected chi connectivity index (χ1v) is 10.5. The molecule has 0 spiro atoms. The van der Waals surface area contributed by atoms with E-state index in [1.807, 2.05) is 30.3 Å². The number of halogens is 2. The Morgan fingerprint density at radius 1 is 0.774 bits per heavy atom. The van der Waals surface area contributed by atoms with Crippen LogP contribution in [0, 0.1) is 17.0 Å². The highest BCUT2D eigenvalue weighted by Gasteiger charge is 2.28. The van der Waals surface area contributed by atoms with Crippen LogP contribution in [0.4, 0.5) is 8.78 Å². The Morgan fingerprint density at radius 2 is 1.29 bits per heavy atom. The number of benzene rings is 3. The number of H-pyrrole nitrogens is 1. The Balaban J connectivity index is 1.97. The number of aromatic nitrogens is 2. The summed E-state index contributed by atoms with van der Waals surface area (Å²) in [5, 5.41) is 7.98. The maximum Gasteiger partial charge on any atom is 0.123 e. The van der Waals surface area contributed by atoms with Gasteiger partial charge in [-0.15, -0.1) is 0 Å². The average Bonchev–Trinajstić information content (AvgIpc) is 3.13. The quantitative estimate of drug-likeness (QED) is 0.368. The predicted octanol–water partition coefficient (Wildman–Crippen LogP) is 7.12. The van der Waals surface area contributed by atoms with Crippen molar-refractivity contribution in [3.8, 4) is 11.3 Å². The van der Waals surface area contributed by atoms with Crippen molar-refractivity contribution in [3.63, 3.8) is 0 Å². The molecule has 0 fully saturated rings. The maximum absolute atomic E-state index is 13.7. The molecule has 0 saturated heterocycles. The van der Waals surface area contributed by atoms with E-state index < -0.39 is 0 Å². The van der Waals surface area contributed by atoms with Gasteiger partial charge in [0.15, 0.2) is 0 Å². The van der Waals surface area contributed by atoms with Crippen molar-refractivity contribution in [2.75, 3.05) is 0 Å². The number of nitrogens with one attached hydrogen (secondary N) is 1. The first-order chi connectivity index (χ1) is 14.8. The van der Waals surface area contributed by atoms with Crippen LogP contribution in [-0.2, 0) is 6.42 Å². The van der Waals surface area contributed by atoms with Gasteiger partial charge in [-0.1, -0.05) is 75.4 Å². The van der Waals surface area contributed by atoms with Gasteiger partial charge >= 0.3 is 0 Å². The van der Waals surface area contributed by atoms with Gasteiger partial charge in [0.05, 0.1) is 5.69 Å². The van der Waals surface area contributed by atoms with Crippen molar-refractivity contribution >= 4 is 0 Å². The maximum atomic E-state index is 13.7. The zero-order chi connectivity index (χ0) is 22.0. The lowest BCUT2D eigenvalue weighted by molar-refractivity contribution is 0.404. The molecule has 4 heteroatoms. The second-order valence-corrected chi connectivity index (χ2v) is 9.10. The molecule has 3 aromatic carbocycles. The molecule has 0 unspecified atom stereocenters. The fourth-order valence-corrected chi connectivity index (χ4v) is 4.02. The first-order valence-electron chi connectivity index (χ1n) is 10.5. The summed E-state index contributed by atoms with van der Waals surface area (Å²) in [6, 6.07) is 23.1. The van der Waals surface area contributed by atoms with Crippen molar-refractivity contribution in [2.24, 2.45) is 5.41 Å². The fraction of sp³-hybridized carbons (Fsp3) is 0.222. The number of aromatic amines is 1. The summed E-state index contributed by atoms with van der Waals surface area (Å²) < 4.78 is 27.5. The van der Waals surface area contributed by atoms with E-state index in [1.165, 1.54) is 24.3 Å². The lowest BCUT2D eigenvalue weighted by Gasteiger charge is -2.23. The lowest BCUT2D eigenvalue weighted by atomic mass is 9.79. The third-order valence-corrected chi connectivity index (χ3v) is 5.33. The van der Waals surface area contributed by atoms with Crippen LogP contribution < -0.4 is 0 Å². The molecule has 0 aliphatic carbocycles. The minimum atomic E-state index is -0.285. The Kier molecular flexibility index (Phi) is 5.73. The van der Waals surface area contributed by atoms with Gasteiger partial charge in [-0.05, 0) is 47.2 Å². The summed E-state index contributed by atoms with van der Waals surface area (Å²) in [5.41, 5.74) is 5.83. The van der Waals surface area contributed by atoms with Crippen molar-refractivity contribution in [3.05, 3.63) is 113 Å². The van der Waals surface area contributed by atoms with Crippen LogP contribution in [0.3, 0.4) is 0 Å². The SMILES string of the molecule is CC(C)(C)Cc1[nH]nc(-c2ccccc2)c1C(c1ccc(F)cc1)c1ccc(F)cc1. The molecular formula is C27H26F2N2. The van der Waals surface area contributed by atoms with Crippen LogP contribution in [0.5, 0.6) is 0 Å². The molecule has 1 N–H and O–H groups in total. The molecular weight excluding hydrogens is 390 g/mol. The highest BCUT2D eigenvalue weighted by Crippen LogP contribution is 2.40. The van der Waals surface area contributed by atoms with Crippen LogP contribution >= 0.6 is 0 Å². The predicted molar refractivity (Wildman–Crippen MR) is 121 cm³/mol. The van der Waals surface area contributed by atoms with E-state index in [4.69, 9.17) is 5.10 Å². The van der Waals surface area contributed by atoms with Gasteiger partial charge in [0.25, 0.3) is 0 Å². The van der Waals surface area contributed by atoms with Gasteiger partial charge in [-0.3, -0.25) is 5.10 Å². The molecule has 158 valence electrons. The average molecular weight is 417 g/mol. The monoisotopic (exact) mass is 416 g/mol. The molecule has 4 rings (SSSR count). The summed E-state index contributed by atoms with van der Waals surface area (Å²) in [7, 11) is 0. The summed E-state index contributed by atoms with van der Waals surface area (Å²) in [6.45, 7) is 6.56. The molecule has 0 radical (unpaired) electrons. The zero-order valence-electron chi connectivity index (χ0n) is 18.0. The zero-order valence-corrected chi connectivity index (χ0v) is 18.0. The van der Waals surface area contributed by atoms with E-state index >= 15 is 0 Å². The molecule has 0 aliphatic rings. The van der Waals surface area contributed by atoms with Crippen molar-refractivity contribution in [2.45, 2.75) is 33.1 Å². The Bertz CT molecular complexity index is 1090. The largest absolute Gasteiger partial charge is 0.282 e. The van der Waals surface area contributed by atoms with Crippen LogP contribution in [0.25, 0.3) is 11.3 Å². The molecule has 1 heterocycles. The second-order valence-electron chi connectivity index (χ2n) is 9.10. The highest BCUT2D eigenvalue weighted by molar-refractivity contribution is 5.67. The summed E-state index contributed by atoms with van der Waals surface area (Å²) in [6.07, 6.45) is 0.793. The standard InChI is InChI=1S/C27H26F2N2/c1-27(2,3)17-23-25(26(31-30-23)20-7-5-4-6-8-20)24(18-9-13-21(28)14-10-18)19-11-15-22(29)16-12-19/h4-16,24H,17H2,1-3H3,(H,30,31). The minimum absolute atomic E-state index is 0.0331. The third kappa shape index (κ3) is 4.74. The molecule has 31 heavy (non-hydrogen) atoms. The van der Waals surface area contributed by atoms with Crippen LogP contribution in [0.15, 0.2) is 78.9 Å². The van der Waals surface area contributed by atoms with Gasteiger partial charge in [0, 0.05) is 22.7 Å². The van der Waals surface area contributed by atoms with E-state index in [9.17, 15) is 8.78 Å². The van der Waals surface area contributed by atoms with Crippen LogP contribution in [-0.4, -0.2) is 10.2 Å². The molecule has 0 atom stereocenters. The summed E-state index contributed by atoms with van der Waals surface area (Å²) >= 11 is 0. The minimum Gasteiger partial charge on any atom is -0.282 e. The molecule has 0 bridgehead atoms. The Morgan fingerprint density at radius 3 is 1.77 bits per heavy atom. The van der Waals surface area contributed by atoms with Gasteiger partial charge in [0.2, 0.25) is 0 Å². The molecule has 4 aromatic rings. The Labute approximate surface area is 182 Å². The van der Waals surface area contributed by atoms with Crippen LogP contribution in [0.1, 0.15) is 49.1 Å². The lowest BCUT2D eigenvalue weighted by Crippen LogP contribution is -2.14.